The molecule has 17 heavy (non-hydrogen) atoms. The van der Waals surface area contributed by atoms with Gasteiger partial charge in [-0.1, -0.05) is 27.2 Å². The van der Waals surface area contributed by atoms with Gasteiger partial charge in [-0.05, 0) is 43.0 Å². The maximum atomic E-state index is 12.9. The van der Waals surface area contributed by atoms with Crippen molar-refractivity contribution in [2.45, 2.75) is 40.0 Å². The van der Waals surface area contributed by atoms with Crippen molar-refractivity contribution in [3.8, 4) is 0 Å². The molecule has 0 bridgehead atoms. The third-order valence-electron chi connectivity index (χ3n) is 3.27. The molecule has 0 aliphatic carbocycles. The maximum Gasteiger partial charge on any atom is 0.123 e. The largest absolute Gasteiger partial charge is 0.372 e. The standard InChI is InChI=1S/C15H24FN/c1-4-11-17(12-10-13(3)5-2)15-8-6-14(16)7-9-15/h6-9,13H,4-5,10-12H2,1-3H3. The van der Waals surface area contributed by atoms with Crippen LogP contribution in [0.2, 0.25) is 0 Å². The molecule has 1 aromatic rings. The van der Waals surface area contributed by atoms with Gasteiger partial charge in [-0.2, -0.15) is 0 Å². The van der Waals surface area contributed by atoms with Gasteiger partial charge in [-0.15, -0.1) is 0 Å². The summed E-state index contributed by atoms with van der Waals surface area (Å²) in [7, 11) is 0. The van der Waals surface area contributed by atoms with Gasteiger partial charge >= 0.3 is 0 Å². The van der Waals surface area contributed by atoms with E-state index in [4.69, 9.17) is 0 Å². The van der Waals surface area contributed by atoms with Crippen LogP contribution in [-0.4, -0.2) is 13.1 Å². The minimum atomic E-state index is -0.160. The summed E-state index contributed by atoms with van der Waals surface area (Å²) < 4.78 is 12.9. The van der Waals surface area contributed by atoms with E-state index in [2.05, 4.69) is 25.7 Å². The predicted octanol–water partition coefficient (Wildman–Crippen LogP) is 4.48. The van der Waals surface area contributed by atoms with Gasteiger partial charge in [0.25, 0.3) is 0 Å². The summed E-state index contributed by atoms with van der Waals surface area (Å²) in [6.45, 7) is 8.80. The van der Waals surface area contributed by atoms with Gasteiger partial charge < -0.3 is 4.90 Å². The molecule has 2 heteroatoms. The molecule has 0 heterocycles. The highest BCUT2D eigenvalue weighted by atomic mass is 19.1. The second kappa shape index (κ2) is 7.31. The Morgan fingerprint density at radius 1 is 1.12 bits per heavy atom. The van der Waals surface area contributed by atoms with Crippen LogP contribution in [0.25, 0.3) is 0 Å². The fraction of sp³-hybridized carbons (Fsp3) is 0.600. The summed E-state index contributed by atoms with van der Waals surface area (Å²) in [5.41, 5.74) is 1.14. The molecular formula is C15H24FN. The van der Waals surface area contributed by atoms with Crippen LogP contribution in [-0.2, 0) is 0 Å². The van der Waals surface area contributed by atoms with Crippen LogP contribution < -0.4 is 4.90 Å². The molecule has 1 aromatic carbocycles. The molecule has 96 valence electrons. The van der Waals surface area contributed by atoms with Crippen LogP contribution in [0.3, 0.4) is 0 Å². The summed E-state index contributed by atoms with van der Waals surface area (Å²) >= 11 is 0. The van der Waals surface area contributed by atoms with Crippen LogP contribution in [0.15, 0.2) is 24.3 Å². The summed E-state index contributed by atoms with van der Waals surface area (Å²) in [5, 5.41) is 0. The summed E-state index contributed by atoms with van der Waals surface area (Å²) in [5.74, 6) is 0.599. The van der Waals surface area contributed by atoms with Crippen LogP contribution in [0, 0.1) is 11.7 Å². The first-order chi connectivity index (χ1) is 8.17. The van der Waals surface area contributed by atoms with Gasteiger partial charge in [-0.25, -0.2) is 4.39 Å². The molecule has 0 saturated carbocycles. The lowest BCUT2D eigenvalue weighted by Gasteiger charge is -2.25. The monoisotopic (exact) mass is 237 g/mol. The van der Waals surface area contributed by atoms with Crippen LogP contribution in [0.5, 0.6) is 0 Å². The van der Waals surface area contributed by atoms with Crippen molar-refractivity contribution < 1.29 is 4.39 Å². The Kier molecular flexibility index (Phi) is 6.03. The van der Waals surface area contributed by atoms with Crippen molar-refractivity contribution in [1.82, 2.24) is 0 Å². The van der Waals surface area contributed by atoms with Crippen LogP contribution in [0.4, 0.5) is 10.1 Å². The molecule has 1 nitrogen and oxygen atoms in total. The van der Waals surface area contributed by atoms with Gasteiger partial charge in [-0.3, -0.25) is 0 Å². The van der Waals surface area contributed by atoms with Gasteiger partial charge in [0.1, 0.15) is 5.82 Å². The van der Waals surface area contributed by atoms with Crippen molar-refractivity contribution >= 4 is 5.69 Å². The highest BCUT2D eigenvalue weighted by Crippen LogP contribution is 2.17. The van der Waals surface area contributed by atoms with Gasteiger partial charge in [0.2, 0.25) is 0 Å². The fourth-order valence-electron chi connectivity index (χ4n) is 1.87. The summed E-state index contributed by atoms with van der Waals surface area (Å²) in [4.78, 5) is 2.35. The van der Waals surface area contributed by atoms with E-state index >= 15 is 0 Å². The van der Waals surface area contributed by atoms with E-state index in [-0.39, 0.29) is 5.82 Å². The summed E-state index contributed by atoms with van der Waals surface area (Å²) in [6, 6.07) is 6.84. The van der Waals surface area contributed by atoms with Crippen molar-refractivity contribution in [3.05, 3.63) is 30.1 Å². The first-order valence-electron chi connectivity index (χ1n) is 6.67. The number of halogens is 1. The van der Waals surface area contributed by atoms with Gasteiger partial charge in [0.05, 0.1) is 0 Å². The van der Waals surface area contributed by atoms with Crippen molar-refractivity contribution in [2.75, 3.05) is 18.0 Å². The number of rotatable bonds is 7. The van der Waals surface area contributed by atoms with E-state index < -0.39 is 0 Å². The molecule has 0 radical (unpaired) electrons. The van der Waals surface area contributed by atoms with E-state index in [1.807, 2.05) is 12.1 Å². The molecule has 0 aromatic heterocycles. The number of nitrogens with zero attached hydrogens (tertiary/aromatic N) is 1. The molecule has 1 atom stereocenters. The van der Waals surface area contributed by atoms with E-state index in [9.17, 15) is 4.39 Å². The van der Waals surface area contributed by atoms with Crippen molar-refractivity contribution in [2.24, 2.45) is 5.92 Å². The van der Waals surface area contributed by atoms with Crippen LogP contribution in [0.1, 0.15) is 40.0 Å². The Labute approximate surface area is 105 Å². The Bertz CT molecular complexity index is 307. The van der Waals surface area contributed by atoms with E-state index in [0.717, 1.165) is 31.1 Å². The molecule has 0 amide bonds. The molecule has 1 rings (SSSR count). The number of benzene rings is 1. The van der Waals surface area contributed by atoms with Gasteiger partial charge in [0.15, 0.2) is 0 Å². The van der Waals surface area contributed by atoms with E-state index in [0.29, 0.717) is 0 Å². The zero-order valence-electron chi connectivity index (χ0n) is 11.2. The third kappa shape index (κ3) is 4.76. The smallest absolute Gasteiger partial charge is 0.123 e. The molecule has 0 aliphatic heterocycles. The Balaban J connectivity index is 2.61. The number of hydrogen-bond donors (Lipinski definition) is 0. The first kappa shape index (κ1) is 14.0. The highest BCUT2D eigenvalue weighted by Gasteiger charge is 2.07. The molecule has 0 fully saturated rings. The minimum absolute atomic E-state index is 0.160. The second-order valence-corrected chi connectivity index (χ2v) is 4.77. The fourth-order valence-corrected chi connectivity index (χ4v) is 1.87. The topological polar surface area (TPSA) is 3.24 Å². The Hall–Kier alpha value is -1.05. The first-order valence-corrected chi connectivity index (χ1v) is 6.67. The molecular weight excluding hydrogens is 213 g/mol. The second-order valence-electron chi connectivity index (χ2n) is 4.77. The lowest BCUT2D eigenvalue weighted by atomic mass is 10.0. The third-order valence-corrected chi connectivity index (χ3v) is 3.27. The van der Waals surface area contributed by atoms with E-state index in [1.54, 1.807) is 12.1 Å². The zero-order chi connectivity index (χ0) is 12.7. The average Bonchev–Trinajstić information content (AvgIpc) is 2.35. The number of hydrogen-bond acceptors (Lipinski definition) is 1. The predicted molar refractivity (Wildman–Crippen MR) is 73.0 cm³/mol. The Morgan fingerprint density at radius 2 is 1.76 bits per heavy atom. The van der Waals surface area contributed by atoms with Gasteiger partial charge in [0, 0.05) is 18.8 Å². The molecule has 1 unspecified atom stereocenters. The quantitative estimate of drug-likeness (QED) is 0.676. The summed E-state index contributed by atoms with van der Waals surface area (Å²) in [6.07, 6.45) is 3.55. The van der Waals surface area contributed by atoms with Crippen molar-refractivity contribution in [3.63, 3.8) is 0 Å². The lowest BCUT2D eigenvalue weighted by Crippen LogP contribution is -2.26. The lowest BCUT2D eigenvalue weighted by molar-refractivity contribution is 0.510. The molecule has 0 N–H and O–H groups in total. The highest BCUT2D eigenvalue weighted by molar-refractivity contribution is 5.46. The minimum Gasteiger partial charge on any atom is -0.372 e. The number of anilines is 1. The molecule has 0 saturated heterocycles. The van der Waals surface area contributed by atoms with Crippen molar-refractivity contribution in [1.29, 1.82) is 0 Å². The maximum absolute atomic E-state index is 12.9. The Morgan fingerprint density at radius 3 is 2.29 bits per heavy atom. The molecule has 0 spiro atoms. The van der Waals surface area contributed by atoms with Crippen LogP contribution >= 0.6 is 0 Å². The normalized spacial score (nSPS) is 12.5. The average molecular weight is 237 g/mol. The van der Waals surface area contributed by atoms with E-state index in [1.165, 1.54) is 12.8 Å². The SMILES string of the molecule is CCCN(CCC(C)CC)c1ccc(F)cc1. The zero-order valence-corrected chi connectivity index (χ0v) is 11.2. The molecule has 0 aliphatic rings.